The first-order chi connectivity index (χ1) is 16.0. The Balaban J connectivity index is 3.15. The summed E-state index contributed by atoms with van der Waals surface area (Å²) in [5.41, 5.74) is 0. The summed E-state index contributed by atoms with van der Waals surface area (Å²) < 4.78 is 29.8. The maximum atomic E-state index is 11.6. The molecule has 0 aromatic heterocycles. The number of carbonyl (C=O) groups excluding carboxylic acids is 1. The van der Waals surface area contributed by atoms with Gasteiger partial charge in [-0.1, -0.05) is 135 Å². The molecule has 0 spiro atoms. The molecule has 0 atom stereocenters. The number of amides is 1. The van der Waals surface area contributed by atoms with Crippen molar-refractivity contribution in [3.05, 3.63) is 0 Å². The van der Waals surface area contributed by atoms with Crippen LogP contribution in [0, 0.1) is 0 Å². The van der Waals surface area contributed by atoms with Crippen molar-refractivity contribution >= 4 is 16.0 Å². The van der Waals surface area contributed by atoms with Crippen molar-refractivity contribution < 1.29 is 17.8 Å². The summed E-state index contributed by atoms with van der Waals surface area (Å²) in [6.45, 7) is 2.58. The predicted molar refractivity (Wildman–Crippen MR) is 141 cm³/mol. The van der Waals surface area contributed by atoms with Crippen molar-refractivity contribution in [3.63, 3.8) is 0 Å². The normalized spacial score (nSPS) is 11.7. The summed E-state index contributed by atoms with van der Waals surface area (Å²) in [5, 5.41) is 2.70. The van der Waals surface area contributed by atoms with E-state index in [9.17, 15) is 13.2 Å². The lowest BCUT2D eigenvalue weighted by molar-refractivity contribution is -0.121. The predicted octanol–water partition coefficient (Wildman–Crippen LogP) is 7.98. The van der Waals surface area contributed by atoms with E-state index in [-0.39, 0.29) is 18.1 Å². The van der Waals surface area contributed by atoms with Crippen molar-refractivity contribution in [1.29, 1.82) is 0 Å². The highest BCUT2D eigenvalue weighted by Crippen LogP contribution is 2.15. The third-order valence-corrected chi connectivity index (χ3v) is 7.21. The van der Waals surface area contributed by atoms with E-state index in [4.69, 9.17) is 4.55 Å². The van der Waals surface area contributed by atoms with Crippen molar-refractivity contribution in [3.8, 4) is 0 Å². The van der Waals surface area contributed by atoms with Crippen LogP contribution in [0.15, 0.2) is 0 Å². The maximum Gasteiger partial charge on any atom is 0.264 e. The van der Waals surface area contributed by atoms with Gasteiger partial charge in [-0.25, -0.2) is 0 Å². The second kappa shape index (κ2) is 24.5. The molecular formula is C27H55NO4S. The molecule has 198 valence electrons. The van der Waals surface area contributed by atoms with Gasteiger partial charge < -0.3 is 5.32 Å². The van der Waals surface area contributed by atoms with Gasteiger partial charge >= 0.3 is 0 Å². The van der Waals surface area contributed by atoms with Crippen LogP contribution in [0.3, 0.4) is 0 Å². The Morgan fingerprint density at radius 2 is 0.909 bits per heavy atom. The molecule has 0 saturated carbocycles. The molecule has 0 saturated heterocycles. The van der Waals surface area contributed by atoms with Crippen LogP contribution in [0.2, 0.25) is 0 Å². The highest BCUT2D eigenvalue weighted by Gasteiger charge is 2.05. The molecule has 0 aromatic carbocycles. The second-order valence-corrected chi connectivity index (χ2v) is 11.4. The Bertz CT molecular complexity index is 522. The van der Waals surface area contributed by atoms with E-state index in [1.165, 1.54) is 122 Å². The molecule has 0 aliphatic rings. The smallest absolute Gasteiger partial charge is 0.264 e. The standard InChI is InChI=1S/C27H55NO4S/c1-2-3-4-5-6-7-8-9-10-11-12-13-14-15-16-17-18-19-20-21-22-24-27(29)28-25-23-26-33(30,31)32/h2-26H2,1H3,(H,28,29)(H,30,31,32). The lowest BCUT2D eigenvalue weighted by Gasteiger charge is -2.05. The molecule has 2 N–H and O–H groups in total. The van der Waals surface area contributed by atoms with Crippen molar-refractivity contribution in [2.75, 3.05) is 12.3 Å². The zero-order valence-corrected chi connectivity index (χ0v) is 22.6. The molecule has 1 amide bonds. The molecule has 0 radical (unpaired) electrons. The van der Waals surface area contributed by atoms with Crippen LogP contribution >= 0.6 is 0 Å². The molecule has 0 rings (SSSR count). The summed E-state index contributed by atoms with van der Waals surface area (Å²) in [6, 6.07) is 0. The van der Waals surface area contributed by atoms with Crippen LogP contribution in [0.4, 0.5) is 0 Å². The van der Waals surface area contributed by atoms with E-state index in [0.717, 1.165) is 12.8 Å². The number of carbonyl (C=O) groups is 1. The van der Waals surface area contributed by atoms with Crippen LogP contribution in [0.5, 0.6) is 0 Å². The molecule has 5 nitrogen and oxygen atoms in total. The number of hydrogen-bond acceptors (Lipinski definition) is 3. The van der Waals surface area contributed by atoms with Gasteiger partial charge in [0, 0.05) is 13.0 Å². The molecule has 0 aliphatic carbocycles. The van der Waals surface area contributed by atoms with Gasteiger partial charge in [-0.15, -0.1) is 0 Å². The Morgan fingerprint density at radius 1 is 0.576 bits per heavy atom. The van der Waals surface area contributed by atoms with Crippen LogP contribution < -0.4 is 5.32 Å². The quantitative estimate of drug-likeness (QED) is 0.0952. The molecular weight excluding hydrogens is 434 g/mol. The van der Waals surface area contributed by atoms with Gasteiger partial charge in [0.15, 0.2) is 0 Å². The third kappa shape index (κ3) is 29.3. The number of nitrogens with one attached hydrogen (secondary N) is 1. The Kier molecular flexibility index (Phi) is 24.0. The van der Waals surface area contributed by atoms with Crippen molar-refractivity contribution in [2.45, 2.75) is 155 Å². The Labute approximate surface area is 206 Å². The number of unbranched alkanes of at least 4 members (excludes halogenated alkanes) is 20. The maximum absolute atomic E-state index is 11.6. The average Bonchev–Trinajstić information content (AvgIpc) is 2.77. The molecule has 0 aliphatic heterocycles. The first kappa shape index (κ1) is 32.4. The fourth-order valence-electron chi connectivity index (χ4n) is 4.29. The first-order valence-electron chi connectivity index (χ1n) is 14.2. The minimum Gasteiger partial charge on any atom is -0.356 e. The van der Waals surface area contributed by atoms with Gasteiger partial charge in [-0.05, 0) is 12.8 Å². The minimum atomic E-state index is -3.92. The molecule has 0 bridgehead atoms. The molecule has 33 heavy (non-hydrogen) atoms. The minimum absolute atomic E-state index is 0.0249. The van der Waals surface area contributed by atoms with Gasteiger partial charge in [-0.2, -0.15) is 8.42 Å². The van der Waals surface area contributed by atoms with E-state index in [2.05, 4.69) is 12.2 Å². The molecule has 0 heterocycles. The largest absolute Gasteiger partial charge is 0.356 e. The van der Waals surface area contributed by atoms with E-state index in [1.807, 2.05) is 0 Å². The highest BCUT2D eigenvalue weighted by atomic mass is 32.2. The monoisotopic (exact) mass is 489 g/mol. The van der Waals surface area contributed by atoms with Gasteiger partial charge in [0.25, 0.3) is 10.1 Å². The van der Waals surface area contributed by atoms with Crippen LogP contribution in [0.1, 0.15) is 155 Å². The van der Waals surface area contributed by atoms with Crippen LogP contribution in [-0.4, -0.2) is 31.2 Å². The van der Waals surface area contributed by atoms with Gasteiger partial charge in [0.1, 0.15) is 0 Å². The molecule has 0 unspecified atom stereocenters. The van der Waals surface area contributed by atoms with E-state index >= 15 is 0 Å². The average molecular weight is 490 g/mol. The molecule has 0 aromatic rings. The topological polar surface area (TPSA) is 83.5 Å². The van der Waals surface area contributed by atoms with Gasteiger partial charge in [0.05, 0.1) is 5.75 Å². The SMILES string of the molecule is CCCCCCCCCCCCCCCCCCCCCCCC(=O)NCCCS(=O)(=O)O. The summed E-state index contributed by atoms with van der Waals surface area (Å²) in [5.74, 6) is -0.324. The Hall–Kier alpha value is -0.620. The van der Waals surface area contributed by atoms with Crippen molar-refractivity contribution in [1.82, 2.24) is 5.32 Å². The summed E-state index contributed by atoms with van der Waals surface area (Å²) in [6.07, 6.45) is 29.1. The van der Waals surface area contributed by atoms with Crippen LogP contribution in [0.25, 0.3) is 0 Å². The zero-order chi connectivity index (χ0) is 24.5. The van der Waals surface area contributed by atoms with Gasteiger partial charge in [-0.3, -0.25) is 9.35 Å². The third-order valence-electron chi connectivity index (χ3n) is 6.41. The van der Waals surface area contributed by atoms with Gasteiger partial charge in [0.2, 0.25) is 5.91 Å². The fourth-order valence-corrected chi connectivity index (χ4v) is 4.80. The lowest BCUT2D eigenvalue weighted by atomic mass is 10.0. The van der Waals surface area contributed by atoms with Crippen LogP contribution in [-0.2, 0) is 14.9 Å². The first-order valence-corrected chi connectivity index (χ1v) is 15.8. The molecule has 0 fully saturated rings. The Morgan fingerprint density at radius 3 is 1.24 bits per heavy atom. The summed E-state index contributed by atoms with van der Waals surface area (Å²) >= 11 is 0. The second-order valence-electron chi connectivity index (χ2n) is 9.81. The zero-order valence-electron chi connectivity index (χ0n) is 21.8. The molecule has 6 heteroatoms. The highest BCUT2D eigenvalue weighted by molar-refractivity contribution is 7.85. The van der Waals surface area contributed by atoms with E-state index in [0.29, 0.717) is 13.0 Å². The van der Waals surface area contributed by atoms with E-state index in [1.54, 1.807) is 0 Å². The van der Waals surface area contributed by atoms with E-state index < -0.39 is 10.1 Å². The number of rotatable bonds is 26. The lowest BCUT2D eigenvalue weighted by Crippen LogP contribution is -2.25. The summed E-state index contributed by atoms with van der Waals surface area (Å²) in [7, 11) is -3.92. The fraction of sp³-hybridized carbons (Fsp3) is 0.963. The summed E-state index contributed by atoms with van der Waals surface area (Å²) in [4.78, 5) is 11.6. The van der Waals surface area contributed by atoms with Crippen molar-refractivity contribution in [2.24, 2.45) is 0 Å². The number of hydrogen-bond donors (Lipinski definition) is 2.